The number of aliphatic hydroxyl groups is 1. The van der Waals surface area contributed by atoms with E-state index in [0.29, 0.717) is 30.7 Å². The minimum Gasteiger partial charge on any atom is -0.490 e. The quantitative estimate of drug-likeness (QED) is 0.427. The van der Waals surface area contributed by atoms with Gasteiger partial charge in [-0.3, -0.25) is 4.90 Å². The van der Waals surface area contributed by atoms with Gasteiger partial charge in [0.05, 0.1) is 0 Å². The van der Waals surface area contributed by atoms with E-state index in [4.69, 9.17) is 4.74 Å². The lowest BCUT2D eigenvalue weighted by Gasteiger charge is -2.68. The normalized spacial score (nSPS) is 26.9. The Kier molecular flexibility index (Phi) is 4.24. The minimum absolute atomic E-state index is 0.318. The number of rotatable bonds is 6. The lowest BCUT2D eigenvalue weighted by Crippen LogP contribution is -2.75. The highest BCUT2D eigenvalue weighted by atomic mass is 16.5. The Balaban J connectivity index is 1.04. The van der Waals surface area contributed by atoms with Crippen molar-refractivity contribution in [3.63, 3.8) is 0 Å². The first-order valence-electron chi connectivity index (χ1n) is 12.0. The summed E-state index contributed by atoms with van der Waals surface area (Å²) in [7, 11) is 0. The van der Waals surface area contributed by atoms with Crippen LogP contribution in [0.4, 0.5) is 0 Å². The Labute approximate surface area is 193 Å². The van der Waals surface area contributed by atoms with Gasteiger partial charge in [0.25, 0.3) is 0 Å². The number of nitrogens with one attached hydrogen (secondary N) is 1. The standard InChI is InChI=1S/C29H28N2O2/c32-23(18-33-26-7-3-6-25-24(26)11-13-30-25)17-31-27-10-12-29(27)16-22(15-28(29)31)21-9-8-19-4-1-2-5-20(19)14-21/h1-9,11,13-14,16,23,27-28,30,32H,10,12,15,17-18H2. The number of aromatic amines is 1. The molecule has 2 N–H and O–H groups in total. The summed E-state index contributed by atoms with van der Waals surface area (Å²) in [4.78, 5) is 5.75. The molecule has 0 bridgehead atoms. The first kappa shape index (κ1) is 19.4. The molecule has 2 fully saturated rings. The van der Waals surface area contributed by atoms with Gasteiger partial charge in [0, 0.05) is 41.1 Å². The number of aliphatic hydroxyl groups excluding tert-OH is 1. The Morgan fingerprint density at radius 3 is 2.82 bits per heavy atom. The van der Waals surface area contributed by atoms with Crippen molar-refractivity contribution in [2.75, 3.05) is 13.2 Å². The van der Waals surface area contributed by atoms with Crippen LogP contribution in [0.15, 0.2) is 79.0 Å². The average molecular weight is 437 g/mol. The minimum atomic E-state index is -0.498. The van der Waals surface area contributed by atoms with Gasteiger partial charge in [-0.1, -0.05) is 48.5 Å². The smallest absolute Gasteiger partial charge is 0.128 e. The molecular formula is C29H28N2O2. The largest absolute Gasteiger partial charge is 0.490 e. The lowest BCUT2D eigenvalue weighted by molar-refractivity contribution is -0.178. The first-order valence-corrected chi connectivity index (χ1v) is 12.0. The van der Waals surface area contributed by atoms with Gasteiger partial charge in [0.1, 0.15) is 18.5 Å². The number of benzene rings is 3. The van der Waals surface area contributed by atoms with Gasteiger partial charge in [-0.25, -0.2) is 0 Å². The Morgan fingerprint density at radius 1 is 1.03 bits per heavy atom. The fourth-order valence-corrected chi connectivity index (χ4v) is 6.59. The number of H-pyrrole nitrogens is 1. The van der Waals surface area contributed by atoms with E-state index in [-0.39, 0.29) is 0 Å². The summed E-state index contributed by atoms with van der Waals surface area (Å²) in [5.74, 6) is 0.829. The van der Waals surface area contributed by atoms with Crippen LogP contribution < -0.4 is 4.74 Å². The Hall–Kier alpha value is -3.08. The molecule has 33 heavy (non-hydrogen) atoms. The van der Waals surface area contributed by atoms with Gasteiger partial charge < -0.3 is 14.8 Å². The number of fused-ring (bicyclic) bond motifs is 2. The molecule has 1 aliphatic heterocycles. The number of aromatic nitrogens is 1. The third-order valence-corrected chi connectivity index (χ3v) is 8.28. The van der Waals surface area contributed by atoms with E-state index in [2.05, 4.69) is 58.4 Å². The third kappa shape index (κ3) is 2.91. The summed E-state index contributed by atoms with van der Waals surface area (Å²) in [6.45, 7) is 0.997. The Morgan fingerprint density at radius 2 is 1.94 bits per heavy atom. The summed E-state index contributed by atoms with van der Waals surface area (Å²) in [6, 6.07) is 24.5. The first-order chi connectivity index (χ1) is 16.2. The predicted molar refractivity (Wildman–Crippen MR) is 132 cm³/mol. The van der Waals surface area contributed by atoms with Gasteiger partial charge >= 0.3 is 0 Å². The van der Waals surface area contributed by atoms with Crippen molar-refractivity contribution in [2.45, 2.75) is 37.5 Å². The molecule has 2 aliphatic carbocycles. The zero-order valence-electron chi connectivity index (χ0n) is 18.6. The van der Waals surface area contributed by atoms with Crippen LogP contribution in [0.5, 0.6) is 5.75 Å². The SMILES string of the molecule is OC(COc1cccc2[nH]ccc12)CN1C2CCC23C=C(c2ccc4ccccc4c2)CC13. The molecular weight excluding hydrogens is 408 g/mol. The molecule has 3 aromatic carbocycles. The summed E-state index contributed by atoms with van der Waals surface area (Å²) < 4.78 is 6.02. The van der Waals surface area contributed by atoms with Gasteiger partial charge in [0.15, 0.2) is 0 Å². The van der Waals surface area contributed by atoms with Crippen molar-refractivity contribution in [2.24, 2.45) is 5.41 Å². The average Bonchev–Trinajstić information content (AvgIpc) is 3.47. The van der Waals surface area contributed by atoms with Crippen molar-refractivity contribution in [1.29, 1.82) is 0 Å². The van der Waals surface area contributed by atoms with Crippen LogP contribution in [-0.4, -0.2) is 46.3 Å². The van der Waals surface area contributed by atoms with Gasteiger partial charge in [-0.05, 0) is 65.4 Å². The number of β-amino-alcohol motifs (C(OH)–C–C–N with tert-alkyl or cyclic N) is 1. The molecule has 1 saturated heterocycles. The van der Waals surface area contributed by atoms with Gasteiger partial charge in [-0.15, -0.1) is 0 Å². The molecule has 4 nitrogen and oxygen atoms in total. The predicted octanol–water partition coefficient (Wildman–Crippen LogP) is 5.38. The highest BCUT2D eigenvalue weighted by molar-refractivity contribution is 5.87. The number of likely N-dealkylation sites (tertiary alicyclic amines) is 1. The van der Waals surface area contributed by atoms with Gasteiger partial charge in [0.2, 0.25) is 0 Å². The van der Waals surface area contributed by atoms with E-state index in [1.165, 1.54) is 34.8 Å². The number of hydrogen-bond acceptors (Lipinski definition) is 3. The second-order valence-corrected chi connectivity index (χ2v) is 9.97. The van der Waals surface area contributed by atoms with Crippen molar-refractivity contribution in [1.82, 2.24) is 9.88 Å². The second-order valence-electron chi connectivity index (χ2n) is 9.97. The summed E-state index contributed by atoms with van der Waals surface area (Å²) in [5, 5.41) is 14.5. The monoisotopic (exact) mass is 436 g/mol. The number of nitrogens with zero attached hydrogens (tertiary/aromatic N) is 1. The maximum atomic E-state index is 10.8. The van der Waals surface area contributed by atoms with E-state index >= 15 is 0 Å². The molecule has 1 spiro atoms. The zero-order chi connectivity index (χ0) is 22.0. The topological polar surface area (TPSA) is 48.5 Å². The molecule has 1 aromatic heterocycles. The van der Waals surface area contributed by atoms with E-state index in [0.717, 1.165) is 23.1 Å². The summed E-state index contributed by atoms with van der Waals surface area (Å²) in [6.07, 6.45) is 7.58. The zero-order valence-corrected chi connectivity index (χ0v) is 18.6. The van der Waals surface area contributed by atoms with E-state index < -0.39 is 6.10 Å². The van der Waals surface area contributed by atoms with E-state index in [1.807, 2.05) is 30.5 Å². The molecule has 4 unspecified atom stereocenters. The number of ether oxygens (including phenoxy) is 1. The highest BCUT2D eigenvalue weighted by Crippen LogP contribution is 2.64. The lowest BCUT2D eigenvalue weighted by atomic mass is 9.54. The fraction of sp³-hybridized carbons (Fsp3) is 0.310. The van der Waals surface area contributed by atoms with Crippen LogP contribution >= 0.6 is 0 Å². The Bertz CT molecular complexity index is 1390. The van der Waals surface area contributed by atoms with Crippen LogP contribution in [0, 0.1) is 5.41 Å². The van der Waals surface area contributed by atoms with Crippen LogP contribution in [0.25, 0.3) is 27.2 Å². The maximum Gasteiger partial charge on any atom is 0.128 e. The fourth-order valence-electron chi connectivity index (χ4n) is 6.59. The molecule has 3 aliphatic rings. The van der Waals surface area contributed by atoms with Crippen LogP contribution in [0.3, 0.4) is 0 Å². The second kappa shape index (κ2) is 7.21. The molecule has 4 atom stereocenters. The molecule has 4 heteroatoms. The van der Waals surface area contributed by atoms with Crippen LogP contribution in [-0.2, 0) is 0 Å². The van der Waals surface area contributed by atoms with Crippen molar-refractivity contribution in [3.05, 3.63) is 84.6 Å². The van der Waals surface area contributed by atoms with Crippen LogP contribution in [0.1, 0.15) is 24.8 Å². The maximum absolute atomic E-state index is 10.8. The molecule has 1 saturated carbocycles. The molecule has 2 heterocycles. The van der Waals surface area contributed by atoms with Crippen molar-refractivity contribution < 1.29 is 9.84 Å². The molecule has 0 amide bonds. The van der Waals surface area contributed by atoms with Crippen molar-refractivity contribution in [3.8, 4) is 5.75 Å². The van der Waals surface area contributed by atoms with Gasteiger partial charge in [-0.2, -0.15) is 0 Å². The summed E-state index contributed by atoms with van der Waals surface area (Å²) in [5.41, 5.74) is 4.22. The third-order valence-electron chi connectivity index (χ3n) is 8.28. The van der Waals surface area contributed by atoms with Crippen molar-refractivity contribution >= 4 is 27.2 Å². The molecule has 166 valence electrons. The molecule has 7 rings (SSSR count). The number of piperidine rings is 1. The molecule has 4 aromatic rings. The van der Waals surface area contributed by atoms with E-state index in [9.17, 15) is 5.11 Å². The summed E-state index contributed by atoms with van der Waals surface area (Å²) >= 11 is 0. The molecule has 0 radical (unpaired) electrons. The highest BCUT2D eigenvalue weighted by Gasteiger charge is 2.66. The number of hydrogen-bond donors (Lipinski definition) is 2. The van der Waals surface area contributed by atoms with Crippen LogP contribution in [0.2, 0.25) is 0 Å². The van der Waals surface area contributed by atoms with E-state index in [1.54, 1.807) is 0 Å².